The summed E-state index contributed by atoms with van der Waals surface area (Å²) in [6, 6.07) is 5.38. The standard InChI is InChI=1S/C13H11BrClNO2S/c1-6(2)12-16-10(13(17)18)11(19-12)8-4-3-7(14)5-9(8)15/h3-6H,1-2H3,(H,17,18). The first-order chi connectivity index (χ1) is 8.90. The lowest BCUT2D eigenvalue weighted by Gasteiger charge is -2.03. The van der Waals surface area contributed by atoms with Gasteiger partial charge in [0.15, 0.2) is 5.69 Å². The van der Waals surface area contributed by atoms with Gasteiger partial charge < -0.3 is 5.11 Å². The average Bonchev–Trinajstić information content (AvgIpc) is 2.73. The van der Waals surface area contributed by atoms with Crippen LogP contribution in [0.25, 0.3) is 10.4 Å². The third-order valence-electron chi connectivity index (χ3n) is 2.52. The fraction of sp³-hybridized carbons (Fsp3) is 0.231. The van der Waals surface area contributed by atoms with E-state index in [1.807, 2.05) is 19.9 Å². The van der Waals surface area contributed by atoms with Crippen molar-refractivity contribution in [2.75, 3.05) is 0 Å². The minimum Gasteiger partial charge on any atom is -0.476 e. The van der Waals surface area contributed by atoms with Crippen LogP contribution in [0.4, 0.5) is 0 Å². The normalized spacial score (nSPS) is 11.0. The van der Waals surface area contributed by atoms with Gasteiger partial charge in [-0.1, -0.05) is 47.4 Å². The summed E-state index contributed by atoms with van der Waals surface area (Å²) in [5.41, 5.74) is 0.768. The lowest BCUT2D eigenvalue weighted by atomic mass is 10.1. The van der Waals surface area contributed by atoms with Crippen molar-refractivity contribution >= 4 is 44.8 Å². The maximum atomic E-state index is 11.3. The van der Waals surface area contributed by atoms with Crippen molar-refractivity contribution < 1.29 is 9.90 Å². The minimum atomic E-state index is -1.03. The van der Waals surface area contributed by atoms with E-state index in [0.717, 1.165) is 9.48 Å². The molecule has 0 aliphatic rings. The molecule has 0 unspecified atom stereocenters. The highest BCUT2D eigenvalue weighted by atomic mass is 79.9. The number of hydrogen-bond donors (Lipinski definition) is 1. The minimum absolute atomic E-state index is 0.0675. The molecule has 0 saturated heterocycles. The van der Waals surface area contributed by atoms with E-state index in [1.165, 1.54) is 11.3 Å². The number of benzene rings is 1. The Kier molecular flexibility index (Phi) is 4.28. The lowest BCUT2D eigenvalue weighted by molar-refractivity contribution is 0.0692. The predicted octanol–water partition coefficient (Wildman–Crippen LogP) is 5.05. The second-order valence-electron chi connectivity index (χ2n) is 4.31. The number of aromatic carboxylic acids is 1. The number of thiazole rings is 1. The quantitative estimate of drug-likeness (QED) is 0.833. The van der Waals surface area contributed by atoms with Gasteiger partial charge in [0.2, 0.25) is 0 Å². The first kappa shape index (κ1) is 14.5. The van der Waals surface area contributed by atoms with Crippen LogP contribution in [-0.2, 0) is 0 Å². The molecule has 0 fully saturated rings. The van der Waals surface area contributed by atoms with Crippen molar-refractivity contribution in [2.45, 2.75) is 19.8 Å². The van der Waals surface area contributed by atoms with E-state index in [9.17, 15) is 9.90 Å². The van der Waals surface area contributed by atoms with Gasteiger partial charge in [0, 0.05) is 16.0 Å². The van der Waals surface area contributed by atoms with E-state index in [0.29, 0.717) is 15.5 Å². The summed E-state index contributed by atoms with van der Waals surface area (Å²) in [5.74, 6) is -0.844. The van der Waals surface area contributed by atoms with E-state index in [-0.39, 0.29) is 11.6 Å². The summed E-state index contributed by atoms with van der Waals surface area (Å²) in [5, 5.41) is 10.6. The fourth-order valence-corrected chi connectivity index (χ4v) is 3.51. The molecular weight excluding hydrogens is 350 g/mol. The van der Waals surface area contributed by atoms with Crippen molar-refractivity contribution in [3.63, 3.8) is 0 Å². The summed E-state index contributed by atoms with van der Waals surface area (Å²) in [6.45, 7) is 3.97. The molecule has 0 bridgehead atoms. The average molecular weight is 361 g/mol. The van der Waals surface area contributed by atoms with E-state index in [2.05, 4.69) is 20.9 Å². The lowest BCUT2D eigenvalue weighted by Crippen LogP contribution is -1.99. The van der Waals surface area contributed by atoms with Gasteiger partial charge in [-0.15, -0.1) is 11.3 Å². The van der Waals surface area contributed by atoms with Crippen molar-refractivity contribution in [2.24, 2.45) is 0 Å². The SMILES string of the molecule is CC(C)c1nc(C(=O)O)c(-c2ccc(Br)cc2Cl)s1. The Morgan fingerprint density at radius 2 is 2.16 bits per heavy atom. The van der Waals surface area contributed by atoms with Gasteiger partial charge in [-0.05, 0) is 12.1 Å². The molecule has 19 heavy (non-hydrogen) atoms. The maximum absolute atomic E-state index is 11.3. The van der Waals surface area contributed by atoms with E-state index < -0.39 is 5.97 Å². The first-order valence-corrected chi connectivity index (χ1v) is 7.58. The van der Waals surface area contributed by atoms with E-state index in [1.54, 1.807) is 12.1 Å². The monoisotopic (exact) mass is 359 g/mol. The summed E-state index contributed by atoms with van der Waals surface area (Å²) < 4.78 is 0.853. The number of carboxylic acid groups (broad SMARTS) is 1. The van der Waals surface area contributed by atoms with Gasteiger partial charge >= 0.3 is 5.97 Å². The molecule has 0 aliphatic carbocycles. The number of rotatable bonds is 3. The summed E-state index contributed by atoms with van der Waals surface area (Å²) >= 11 is 10.9. The highest BCUT2D eigenvalue weighted by Crippen LogP contribution is 2.38. The number of halogens is 2. The topological polar surface area (TPSA) is 50.2 Å². The maximum Gasteiger partial charge on any atom is 0.356 e. The molecule has 3 nitrogen and oxygen atoms in total. The number of carboxylic acids is 1. The molecule has 0 aliphatic heterocycles. The van der Waals surface area contributed by atoms with Gasteiger partial charge in [-0.3, -0.25) is 0 Å². The first-order valence-electron chi connectivity index (χ1n) is 5.59. The van der Waals surface area contributed by atoms with Gasteiger partial charge in [0.05, 0.1) is 14.9 Å². The molecule has 1 aromatic heterocycles. The van der Waals surface area contributed by atoms with Crippen LogP contribution < -0.4 is 0 Å². The fourth-order valence-electron chi connectivity index (χ4n) is 1.58. The summed E-state index contributed by atoms with van der Waals surface area (Å²) in [6.07, 6.45) is 0. The molecule has 0 atom stereocenters. The molecule has 0 amide bonds. The molecule has 0 saturated carbocycles. The molecule has 100 valence electrons. The largest absolute Gasteiger partial charge is 0.476 e. The molecule has 2 rings (SSSR count). The van der Waals surface area contributed by atoms with Crippen molar-refractivity contribution in [1.82, 2.24) is 4.98 Å². The molecule has 6 heteroatoms. The van der Waals surface area contributed by atoms with Gasteiger partial charge in [0.1, 0.15) is 0 Å². The number of carbonyl (C=O) groups is 1. The van der Waals surface area contributed by atoms with Crippen LogP contribution in [0.5, 0.6) is 0 Å². The highest BCUT2D eigenvalue weighted by molar-refractivity contribution is 9.10. The summed E-state index contributed by atoms with van der Waals surface area (Å²) in [4.78, 5) is 16.1. The van der Waals surface area contributed by atoms with E-state index in [4.69, 9.17) is 11.6 Å². The molecule has 1 N–H and O–H groups in total. The van der Waals surface area contributed by atoms with Gasteiger partial charge in [0.25, 0.3) is 0 Å². The molecule has 0 spiro atoms. The second-order valence-corrected chi connectivity index (χ2v) is 6.67. The number of hydrogen-bond acceptors (Lipinski definition) is 3. The van der Waals surface area contributed by atoms with Gasteiger partial charge in [-0.25, -0.2) is 9.78 Å². The molecule has 2 aromatic rings. The van der Waals surface area contributed by atoms with Crippen molar-refractivity contribution in [3.05, 3.63) is 38.4 Å². The zero-order valence-corrected chi connectivity index (χ0v) is 13.4. The second kappa shape index (κ2) is 5.61. The Morgan fingerprint density at radius 1 is 1.47 bits per heavy atom. The van der Waals surface area contributed by atoms with Crippen LogP contribution in [0.1, 0.15) is 35.3 Å². The van der Waals surface area contributed by atoms with Crippen LogP contribution in [0.2, 0.25) is 5.02 Å². The Balaban J connectivity index is 2.63. The highest BCUT2D eigenvalue weighted by Gasteiger charge is 2.21. The van der Waals surface area contributed by atoms with E-state index >= 15 is 0 Å². The summed E-state index contributed by atoms with van der Waals surface area (Å²) in [7, 11) is 0. The Hall–Kier alpha value is -0.910. The van der Waals surface area contributed by atoms with Crippen LogP contribution >= 0.6 is 38.9 Å². The Bertz CT molecular complexity index is 640. The molecule has 0 radical (unpaired) electrons. The predicted molar refractivity (Wildman–Crippen MR) is 81.3 cm³/mol. The smallest absolute Gasteiger partial charge is 0.356 e. The zero-order valence-electron chi connectivity index (χ0n) is 10.3. The van der Waals surface area contributed by atoms with Crippen molar-refractivity contribution in [1.29, 1.82) is 0 Å². The molecular formula is C13H11BrClNO2S. The van der Waals surface area contributed by atoms with Crippen LogP contribution in [0, 0.1) is 0 Å². The Morgan fingerprint density at radius 3 is 2.68 bits per heavy atom. The number of nitrogens with zero attached hydrogens (tertiary/aromatic N) is 1. The molecule has 1 heterocycles. The number of aromatic nitrogens is 1. The van der Waals surface area contributed by atoms with Gasteiger partial charge in [-0.2, -0.15) is 0 Å². The third-order valence-corrected chi connectivity index (χ3v) is 4.71. The van der Waals surface area contributed by atoms with Crippen LogP contribution in [-0.4, -0.2) is 16.1 Å². The third kappa shape index (κ3) is 2.99. The zero-order chi connectivity index (χ0) is 14.2. The molecule has 1 aromatic carbocycles. The van der Waals surface area contributed by atoms with Crippen LogP contribution in [0.15, 0.2) is 22.7 Å². The Labute approximate surface area is 128 Å². The van der Waals surface area contributed by atoms with Crippen LogP contribution in [0.3, 0.4) is 0 Å². The van der Waals surface area contributed by atoms with Crippen molar-refractivity contribution in [3.8, 4) is 10.4 Å².